The summed E-state index contributed by atoms with van der Waals surface area (Å²) in [5.41, 5.74) is -0.0460. The van der Waals surface area contributed by atoms with Gasteiger partial charge >= 0.3 is 24.2 Å². The second-order valence-corrected chi connectivity index (χ2v) is 11.3. The van der Waals surface area contributed by atoms with E-state index in [9.17, 15) is 44.3 Å². The number of anilines is 3. The molecule has 210 valence electrons. The quantitative estimate of drug-likeness (QED) is 0.158. The number of sulfonamides is 1. The van der Waals surface area contributed by atoms with Gasteiger partial charge in [0.15, 0.2) is 5.13 Å². The van der Waals surface area contributed by atoms with Gasteiger partial charge in [-0.15, -0.1) is 10.2 Å². The van der Waals surface area contributed by atoms with Gasteiger partial charge in [-0.05, 0) is 54.6 Å². The summed E-state index contributed by atoms with van der Waals surface area (Å²) < 4.78 is 102. The molecule has 2 heterocycles. The molecule has 0 fully saturated rings. The van der Waals surface area contributed by atoms with Crippen LogP contribution in [0.4, 0.5) is 53.5 Å². The van der Waals surface area contributed by atoms with Crippen LogP contribution in [-0.2, 0) is 19.6 Å². The third-order valence-corrected chi connectivity index (χ3v) is 8.07. The van der Waals surface area contributed by atoms with Gasteiger partial charge in [0.2, 0.25) is 0 Å². The number of fused-ring (bicyclic) bond motifs is 1. The summed E-state index contributed by atoms with van der Waals surface area (Å²) in [4.78, 5) is 26.3. The number of nitrogens with one attached hydrogen (secondary N) is 3. The van der Waals surface area contributed by atoms with Crippen molar-refractivity contribution in [2.75, 3.05) is 15.4 Å². The molecule has 0 radical (unpaired) electrons. The molecule has 0 aliphatic heterocycles. The molecule has 4 rings (SSSR count). The number of carbonyl (C=O) groups is 2. The highest BCUT2D eigenvalue weighted by atomic mass is 32.2. The third-order valence-electron chi connectivity index (χ3n) is 4.62. The minimum atomic E-state index is -5.10. The van der Waals surface area contributed by atoms with Crippen molar-refractivity contribution in [1.29, 1.82) is 0 Å². The fraction of sp³-hybridized carbons (Fsp3) is 0.0952. The van der Waals surface area contributed by atoms with E-state index in [-0.39, 0.29) is 27.1 Å². The van der Waals surface area contributed by atoms with E-state index in [1.54, 1.807) is 16.7 Å². The second kappa shape index (κ2) is 10.8. The van der Waals surface area contributed by atoms with Crippen LogP contribution in [0.1, 0.15) is 0 Å². The fourth-order valence-electron chi connectivity index (χ4n) is 2.83. The van der Waals surface area contributed by atoms with Crippen molar-refractivity contribution in [1.82, 2.24) is 4.98 Å². The predicted molar refractivity (Wildman–Crippen MR) is 135 cm³/mol. The zero-order chi connectivity index (χ0) is 29.3. The highest BCUT2D eigenvalue weighted by Gasteiger charge is 2.39. The van der Waals surface area contributed by atoms with E-state index in [4.69, 9.17) is 0 Å². The smallest absolute Gasteiger partial charge is 0.318 e. The predicted octanol–water partition coefficient (Wildman–Crippen LogP) is 6.58. The number of hydrogen-bond acceptors (Lipinski definition) is 9. The molecule has 10 nitrogen and oxygen atoms in total. The van der Waals surface area contributed by atoms with Gasteiger partial charge in [0.1, 0.15) is 9.83 Å². The van der Waals surface area contributed by atoms with Crippen LogP contribution in [0.5, 0.6) is 0 Å². The number of hydrogen-bond donors (Lipinski definition) is 3. The van der Waals surface area contributed by atoms with Crippen molar-refractivity contribution in [3.8, 4) is 0 Å². The van der Waals surface area contributed by atoms with E-state index in [1.165, 1.54) is 24.3 Å². The van der Waals surface area contributed by atoms with E-state index in [1.807, 2.05) is 0 Å². The SMILES string of the molecule is O=C(Nc1ccc(N=Nc2cc3sc(NS(=O)(=O)c4ccc(NC(=O)C(F)(F)F)cc4)nc3s2)cc1)C(F)(F)F. The lowest BCUT2D eigenvalue weighted by molar-refractivity contribution is -0.167. The average Bonchev–Trinajstić information content (AvgIpc) is 3.40. The van der Waals surface area contributed by atoms with E-state index in [0.717, 1.165) is 46.9 Å². The average molecular weight is 623 g/mol. The van der Waals surface area contributed by atoms with Crippen molar-refractivity contribution >= 4 is 81.2 Å². The normalized spacial score (nSPS) is 12.6. The number of rotatable bonds is 7. The Morgan fingerprint density at radius 1 is 0.775 bits per heavy atom. The Labute approximate surface area is 227 Å². The largest absolute Gasteiger partial charge is 0.471 e. The first kappa shape index (κ1) is 28.9. The van der Waals surface area contributed by atoms with Gasteiger partial charge in [-0.1, -0.05) is 22.7 Å². The van der Waals surface area contributed by atoms with Crippen LogP contribution < -0.4 is 15.4 Å². The lowest BCUT2D eigenvalue weighted by Crippen LogP contribution is -2.29. The Morgan fingerprint density at radius 2 is 1.30 bits per heavy atom. The molecular weight excluding hydrogens is 610 g/mol. The lowest BCUT2D eigenvalue weighted by Gasteiger charge is -2.09. The molecule has 0 aliphatic rings. The molecule has 0 saturated carbocycles. The summed E-state index contributed by atoms with van der Waals surface area (Å²) in [5, 5.41) is 11.7. The first-order chi connectivity index (χ1) is 18.6. The molecular formula is C21H12F6N6O4S3. The molecule has 0 atom stereocenters. The van der Waals surface area contributed by atoms with Gasteiger partial charge in [0.25, 0.3) is 10.0 Å². The first-order valence-electron chi connectivity index (χ1n) is 10.4. The highest BCUT2D eigenvalue weighted by molar-refractivity contribution is 7.93. The summed E-state index contributed by atoms with van der Waals surface area (Å²) in [6.07, 6.45) is -10.1. The Kier molecular flexibility index (Phi) is 7.81. The summed E-state index contributed by atoms with van der Waals surface area (Å²) in [6.45, 7) is 0. The molecule has 0 spiro atoms. The minimum absolute atomic E-state index is 0.00989. The van der Waals surface area contributed by atoms with Crippen LogP contribution >= 0.6 is 22.7 Å². The summed E-state index contributed by atoms with van der Waals surface area (Å²) in [6, 6.07) is 10.7. The van der Waals surface area contributed by atoms with Crippen molar-refractivity contribution in [3.63, 3.8) is 0 Å². The molecule has 4 aromatic rings. The van der Waals surface area contributed by atoms with Gasteiger partial charge in [-0.25, -0.2) is 13.4 Å². The zero-order valence-electron chi connectivity index (χ0n) is 19.2. The Balaban J connectivity index is 1.39. The highest BCUT2D eigenvalue weighted by Crippen LogP contribution is 2.38. The van der Waals surface area contributed by atoms with Crippen LogP contribution in [0, 0.1) is 0 Å². The summed E-state index contributed by atoms with van der Waals surface area (Å²) in [5.74, 6) is -4.31. The molecule has 2 aromatic carbocycles. The fourth-order valence-corrected chi connectivity index (χ4v) is 6.00. The van der Waals surface area contributed by atoms with E-state index >= 15 is 0 Å². The zero-order valence-corrected chi connectivity index (χ0v) is 21.6. The molecule has 2 aromatic heterocycles. The number of amides is 2. The molecule has 40 heavy (non-hydrogen) atoms. The third kappa shape index (κ3) is 7.10. The molecule has 0 unspecified atom stereocenters. The van der Waals surface area contributed by atoms with Crippen LogP contribution in [-0.4, -0.2) is 37.6 Å². The summed E-state index contributed by atoms with van der Waals surface area (Å²) in [7, 11) is -4.15. The second-order valence-electron chi connectivity index (χ2n) is 7.55. The maximum absolute atomic E-state index is 12.6. The van der Waals surface area contributed by atoms with Crippen molar-refractivity contribution in [3.05, 3.63) is 54.6 Å². The van der Waals surface area contributed by atoms with E-state index in [0.29, 0.717) is 14.5 Å². The van der Waals surface area contributed by atoms with Crippen LogP contribution in [0.25, 0.3) is 9.53 Å². The van der Waals surface area contributed by atoms with Gasteiger partial charge in [-0.2, -0.15) is 26.3 Å². The first-order valence-corrected chi connectivity index (χ1v) is 13.5. The maximum atomic E-state index is 12.6. The molecule has 19 heteroatoms. The van der Waals surface area contributed by atoms with E-state index in [2.05, 4.69) is 19.9 Å². The molecule has 0 saturated heterocycles. The number of carbonyl (C=O) groups excluding carboxylic acids is 2. The number of alkyl halides is 6. The Bertz CT molecular complexity index is 1660. The van der Waals surface area contributed by atoms with Crippen molar-refractivity contribution in [2.45, 2.75) is 17.2 Å². The topological polar surface area (TPSA) is 142 Å². The van der Waals surface area contributed by atoms with Gasteiger partial charge in [-0.3, -0.25) is 14.3 Å². The number of nitrogens with zero attached hydrogens (tertiary/aromatic N) is 3. The van der Waals surface area contributed by atoms with E-state index < -0.39 is 34.2 Å². The van der Waals surface area contributed by atoms with Crippen LogP contribution in [0.3, 0.4) is 0 Å². The Hall–Kier alpha value is -4.10. The molecule has 3 N–H and O–H groups in total. The summed E-state index contributed by atoms with van der Waals surface area (Å²) >= 11 is 2.05. The molecule has 0 bridgehead atoms. The van der Waals surface area contributed by atoms with Crippen molar-refractivity contribution < 1.29 is 44.3 Å². The monoisotopic (exact) mass is 622 g/mol. The molecule has 0 aliphatic carbocycles. The number of benzene rings is 2. The minimum Gasteiger partial charge on any atom is -0.318 e. The van der Waals surface area contributed by atoms with Gasteiger partial charge in [0, 0.05) is 11.4 Å². The molecule has 2 amide bonds. The number of thiazole rings is 1. The number of halogens is 6. The van der Waals surface area contributed by atoms with Crippen LogP contribution in [0.2, 0.25) is 0 Å². The van der Waals surface area contributed by atoms with Crippen molar-refractivity contribution in [2.24, 2.45) is 10.2 Å². The number of azo groups is 1. The maximum Gasteiger partial charge on any atom is 0.471 e. The van der Waals surface area contributed by atoms with Crippen LogP contribution in [0.15, 0.2) is 69.7 Å². The van der Waals surface area contributed by atoms with Gasteiger partial charge < -0.3 is 10.6 Å². The Morgan fingerprint density at radius 3 is 1.80 bits per heavy atom. The number of thiophene rings is 1. The number of aromatic nitrogens is 1. The standard InChI is InChI=1S/C21H12F6N6O4S3/c22-20(23,24)17(34)28-10-1-3-12(4-2-10)31-32-15-9-14-16(39-15)30-19(38-14)33-40(36,37)13-7-5-11(6-8-13)29-18(35)21(25,26)27/h1-9H,(H,28,34)(H,29,35)(H,30,33). The lowest BCUT2D eigenvalue weighted by atomic mass is 10.3. The van der Waals surface area contributed by atoms with Gasteiger partial charge in [0.05, 0.1) is 15.3 Å².